The molecular weight excluding hydrogens is 614 g/mol. The molecule has 4 fully saturated rings. The van der Waals surface area contributed by atoms with Crippen LogP contribution in [0.25, 0.3) is 11.1 Å². The summed E-state index contributed by atoms with van der Waals surface area (Å²) in [5.41, 5.74) is -2.79. The molecule has 1 heterocycles. The fraction of sp³-hybridized carbons (Fsp3) is 0.583. The van der Waals surface area contributed by atoms with Crippen LogP contribution in [0.4, 0.5) is 23.2 Å². The van der Waals surface area contributed by atoms with Crippen molar-refractivity contribution in [1.82, 2.24) is 10.1 Å². The number of alkyl halides is 4. The van der Waals surface area contributed by atoms with E-state index in [-0.39, 0.29) is 29.0 Å². The molecule has 1 aromatic heterocycles. The lowest BCUT2D eigenvalue weighted by molar-refractivity contribution is -0.298. The Morgan fingerprint density at radius 3 is 2.09 bits per heavy atom. The molecule has 2 N–H and O–H groups in total. The molecule has 1 amide bonds. The molecule has 0 radical (unpaired) electrons. The summed E-state index contributed by atoms with van der Waals surface area (Å²) in [6.07, 6.45) is -1.15. The molecule has 0 saturated heterocycles. The van der Waals surface area contributed by atoms with Crippen LogP contribution in [0.15, 0.2) is 53.1 Å². The minimum Gasteiger partial charge on any atom is -0.386 e. The van der Waals surface area contributed by atoms with Crippen LogP contribution in [0, 0.1) is 11.3 Å². The zero-order chi connectivity index (χ0) is 34.0. The lowest BCUT2D eigenvalue weighted by atomic mass is 9.53. The molecule has 0 unspecified atom stereocenters. The Morgan fingerprint density at radius 1 is 0.936 bits per heavy atom. The van der Waals surface area contributed by atoms with Crippen LogP contribution in [-0.4, -0.2) is 44.6 Å². The molecule has 0 aliphatic heterocycles. The molecule has 254 valence electrons. The van der Waals surface area contributed by atoms with Gasteiger partial charge >= 0.3 is 6.18 Å². The first-order valence-electron chi connectivity index (χ1n) is 16.4. The minimum atomic E-state index is -4.73. The SMILES string of the molecule is CC(C)(O)c1ccc(-c2cccc(N(CC34CCC(c5noc(C(C)(C)F)n5)(CC3)CC4)C(=O)CC3CC(O)(C(F)(F)F)C3)c2)cc1. The highest BCUT2D eigenvalue weighted by Crippen LogP contribution is 2.58. The molecule has 7 rings (SSSR count). The predicted molar refractivity (Wildman–Crippen MR) is 168 cm³/mol. The fourth-order valence-corrected chi connectivity index (χ4v) is 7.73. The molecule has 0 atom stereocenters. The van der Waals surface area contributed by atoms with Gasteiger partial charge in [0.1, 0.15) is 0 Å². The third-order valence-corrected chi connectivity index (χ3v) is 10.9. The van der Waals surface area contributed by atoms with Crippen molar-refractivity contribution in [1.29, 1.82) is 0 Å². The number of anilines is 1. The Morgan fingerprint density at radius 2 is 1.55 bits per heavy atom. The van der Waals surface area contributed by atoms with Crippen LogP contribution in [-0.2, 0) is 21.5 Å². The third kappa shape index (κ3) is 6.45. The average Bonchev–Trinajstić information content (AvgIpc) is 3.52. The molecule has 47 heavy (non-hydrogen) atoms. The van der Waals surface area contributed by atoms with Crippen LogP contribution >= 0.6 is 0 Å². The molecule has 3 aromatic rings. The largest absolute Gasteiger partial charge is 0.417 e. The van der Waals surface area contributed by atoms with Gasteiger partial charge in [-0.1, -0.05) is 41.6 Å². The van der Waals surface area contributed by atoms with Crippen molar-refractivity contribution < 1.29 is 37.1 Å². The summed E-state index contributed by atoms with van der Waals surface area (Å²) >= 11 is 0. The summed E-state index contributed by atoms with van der Waals surface area (Å²) in [6, 6.07) is 15.1. The van der Waals surface area contributed by atoms with E-state index in [1.54, 1.807) is 18.7 Å². The van der Waals surface area contributed by atoms with Gasteiger partial charge in [-0.05, 0) is 119 Å². The van der Waals surface area contributed by atoms with Crippen LogP contribution in [0.3, 0.4) is 0 Å². The van der Waals surface area contributed by atoms with Crippen LogP contribution in [0.5, 0.6) is 0 Å². The van der Waals surface area contributed by atoms with Gasteiger partial charge in [0.05, 0.1) is 5.60 Å². The van der Waals surface area contributed by atoms with E-state index in [0.717, 1.165) is 55.2 Å². The Hall–Kier alpha value is -3.31. The second-order valence-corrected chi connectivity index (χ2v) is 15.4. The second kappa shape index (κ2) is 11.4. The number of carbonyl (C=O) groups is 1. The number of hydrogen-bond acceptors (Lipinski definition) is 6. The van der Waals surface area contributed by atoms with Gasteiger partial charge in [0.15, 0.2) is 17.1 Å². The quantitative estimate of drug-likeness (QED) is 0.227. The molecule has 4 aliphatic rings. The number of fused-ring (bicyclic) bond motifs is 3. The summed E-state index contributed by atoms with van der Waals surface area (Å²) in [5.74, 6) is -0.336. The molecule has 11 heteroatoms. The van der Waals surface area contributed by atoms with Crippen molar-refractivity contribution in [3.8, 4) is 11.1 Å². The summed E-state index contributed by atoms with van der Waals surface area (Å²) in [6.45, 7) is 6.61. The Balaban J connectivity index is 1.24. The predicted octanol–water partition coefficient (Wildman–Crippen LogP) is 7.89. The minimum absolute atomic E-state index is 0.0379. The highest BCUT2D eigenvalue weighted by Gasteiger charge is 2.61. The van der Waals surface area contributed by atoms with Gasteiger partial charge in [0.2, 0.25) is 5.91 Å². The molecule has 4 aliphatic carbocycles. The average molecular weight is 658 g/mol. The van der Waals surface area contributed by atoms with Crippen molar-refractivity contribution in [3.63, 3.8) is 0 Å². The summed E-state index contributed by atoms with van der Waals surface area (Å²) < 4.78 is 59.8. The van der Waals surface area contributed by atoms with E-state index in [1.165, 1.54) is 13.8 Å². The fourth-order valence-electron chi connectivity index (χ4n) is 7.73. The smallest absolute Gasteiger partial charge is 0.386 e. The number of carbonyl (C=O) groups excluding carboxylic acids is 1. The van der Waals surface area contributed by atoms with Crippen LogP contribution < -0.4 is 4.90 Å². The van der Waals surface area contributed by atoms with Gasteiger partial charge in [-0.25, -0.2) is 4.39 Å². The van der Waals surface area contributed by atoms with Crippen molar-refractivity contribution in [2.75, 3.05) is 11.4 Å². The van der Waals surface area contributed by atoms with Crippen LogP contribution in [0.1, 0.15) is 103 Å². The Labute approximate surface area is 272 Å². The van der Waals surface area contributed by atoms with E-state index >= 15 is 0 Å². The van der Waals surface area contributed by atoms with E-state index in [4.69, 9.17) is 4.52 Å². The maximum absolute atomic E-state index is 14.5. The first-order valence-corrected chi connectivity index (χ1v) is 16.4. The zero-order valence-corrected chi connectivity index (χ0v) is 27.3. The first kappa shape index (κ1) is 33.6. The van der Waals surface area contributed by atoms with Gasteiger partial charge in [0, 0.05) is 24.1 Å². The van der Waals surface area contributed by atoms with Crippen molar-refractivity contribution in [2.45, 2.75) is 114 Å². The molecule has 4 saturated carbocycles. The van der Waals surface area contributed by atoms with Crippen molar-refractivity contribution in [3.05, 3.63) is 65.8 Å². The van der Waals surface area contributed by atoms with Gasteiger partial charge in [0.25, 0.3) is 5.89 Å². The van der Waals surface area contributed by atoms with E-state index in [2.05, 4.69) is 10.1 Å². The normalized spacial score (nSPS) is 27.8. The van der Waals surface area contributed by atoms with Crippen molar-refractivity contribution >= 4 is 11.6 Å². The summed E-state index contributed by atoms with van der Waals surface area (Å²) in [4.78, 5) is 20.2. The highest BCUT2D eigenvalue weighted by atomic mass is 19.4. The summed E-state index contributed by atoms with van der Waals surface area (Å²) in [7, 11) is 0. The van der Waals surface area contributed by atoms with E-state index in [9.17, 15) is 32.6 Å². The van der Waals surface area contributed by atoms with E-state index in [0.29, 0.717) is 18.1 Å². The van der Waals surface area contributed by atoms with E-state index < -0.39 is 41.8 Å². The topological polar surface area (TPSA) is 99.7 Å². The lowest BCUT2D eigenvalue weighted by Gasteiger charge is -2.53. The Kier molecular flexibility index (Phi) is 8.14. The number of hydrogen-bond donors (Lipinski definition) is 2. The molecule has 2 bridgehead atoms. The summed E-state index contributed by atoms with van der Waals surface area (Å²) in [5, 5.41) is 24.6. The maximum atomic E-state index is 14.5. The maximum Gasteiger partial charge on any atom is 0.417 e. The van der Waals surface area contributed by atoms with Crippen LogP contribution in [0.2, 0.25) is 0 Å². The zero-order valence-electron chi connectivity index (χ0n) is 27.3. The number of benzene rings is 2. The number of rotatable bonds is 9. The number of amides is 1. The third-order valence-electron chi connectivity index (χ3n) is 10.9. The van der Waals surface area contributed by atoms with Gasteiger partial charge in [-0.2, -0.15) is 18.2 Å². The van der Waals surface area contributed by atoms with Gasteiger partial charge in [-0.3, -0.25) is 4.79 Å². The standard InChI is InChI=1S/C36H43F4N3O4/c1-31(2,37)30-41-29(42-47-30)34-15-12-33(13-16-34,14-17-34)22-43(28(44)18-23-20-35(46,21-23)36(38,39)40)27-7-5-6-25(19-27)24-8-10-26(11-9-24)32(3,4)45/h5-11,19,23,45-46H,12-18,20-22H2,1-4H3. The Bertz CT molecular complexity index is 1590. The first-order chi connectivity index (χ1) is 21.8. The highest BCUT2D eigenvalue weighted by molar-refractivity contribution is 5.94. The molecule has 7 nitrogen and oxygen atoms in total. The second-order valence-electron chi connectivity index (χ2n) is 15.4. The van der Waals surface area contributed by atoms with Crippen molar-refractivity contribution in [2.24, 2.45) is 11.3 Å². The number of aliphatic hydroxyl groups is 2. The van der Waals surface area contributed by atoms with E-state index in [1.807, 2.05) is 48.5 Å². The van der Waals surface area contributed by atoms with Gasteiger partial charge < -0.3 is 19.6 Å². The number of nitrogens with zero attached hydrogens (tertiary/aromatic N) is 3. The lowest BCUT2D eigenvalue weighted by Crippen LogP contribution is -2.56. The molecule has 2 aromatic carbocycles. The molecule has 0 spiro atoms. The molecular formula is C36H43F4N3O4. The van der Waals surface area contributed by atoms with Gasteiger partial charge in [-0.15, -0.1) is 0 Å². The number of aromatic nitrogens is 2. The number of halogens is 4. The monoisotopic (exact) mass is 657 g/mol.